The van der Waals surface area contributed by atoms with E-state index in [0.29, 0.717) is 17.7 Å². The third-order valence-electron chi connectivity index (χ3n) is 3.92. The lowest BCUT2D eigenvalue weighted by Crippen LogP contribution is -2.43. The normalized spacial score (nSPS) is 11.6. The van der Waals surface area contributed by atoms with E-state index in [2.05, 4.69) is 5.32 Å². The summed E-state index contributed by atoms with van der Waals surface area (Å²) in [5, 5.41) is 2.78. The van der Waals surface area contributed by atoms with Crippen molar-refractivity contribution in [2.45, 2.75) is 26.3 Å². The molecule has 24 heavy (non-hydrogen) atoms. The minimum Gasteiger partial charge on any atom is -0.467 e. The smallest absolute Gasteiger partial charge is 0.328 e. The zero-order valence-corrected chi connectivity index (χ0v) is 14.1. The number of aryl methyl sites for hydroxylation is 2. The van der Waals surface area contributed by atoms with Crippen molar-refractivity contribution in [3.8, 4) is 0 Å². The van der Waals surface area contributed by atoms with Gasteiger partial charge < -0.3 is 15.8 Å². The third kappa shape index (κ3) is 4.13. The first-order valence-electron chi connectivity index (χ1n) is 7.71. The van der Waals surface area contributed by atoms with E-state index < -0.39 is 12.0 Å². The Balaban J connectivity index is 2.21. The zero-order chi connectivity index (χ0) is 17.7. The second-order valence-electron chi connectivity index (χ2n) is 5.76. The van der Waals surface area contributed by atoms with Crippen molar-refractivity contribution in [3.05, 3.63) is 64.7 Å². The van der Waals surface area contributed by atoms with Crippen molar-refractivity contribution in [1.29, 1.82) is 0 Å². The summed E-state index contributed by atoms with van der Waals surface area (Å²) in [6.45, 7) is 3.74. The third-order valence-corrected chi connectivity index (χ3v) is 3.92. The van der Waals surface area contributed by atoms with Crippen molar-refractivity contribution in [2.75, 3.05) is 12.8 Å². The van der Waals surface area contributed by atoms with Crippen LogP contribution in [0.3, 0.4) is 0 Å². The Morgan fingerprint density at radius 2 is 1.67 bits per heavy atom. The van der Waals surface area contributed by atoms with Gasteiger partial charge in [-0.3, -0.25) is 4.79 Å². The van der Waals surface area contributed by atoms with Gasteiger partial charge in [0.15, 0.2) is 0 Å². The Hall–Kier alpha value is -2.82. The fourth-order valence-corrected chi connectivity index (χ4v) is 2.63. The highest BCUT2D eigenvalue weighted by Gasteiger charge is 2.24. The van der Waals surface area contributed by atoms with Gasteiger partial charge in [-0.15, -0.1) is 0 Å². The molecular weight excluding hydrogens is 304 g/mol. The van der Waals surface area contributed by atoms with E-state index in [1.165, 1.54) is 7.11 Å². The predicted molar refractivity (Wildman–Crippen MR) is 93.7 cm³/mol. The average molecular weight is 326 g/mol. The molecule has 2 rings (SSSR count). The van der Waals surface area contributed by atoms with Crippen LogP contribution in [0.25, 0.3) is 0 Å². The van der Waals surface area contributed by atoms with Gasteiger partial charge in [0.25, 0.3) is 5.91 Å². The molecule has 1 atom stereocenters. The summed E-state index contributed by atoms with van der Waals surface area (Å²) in [7, 11) is 1.31. The van der Waals surface area contributed by atoms with E-state index >= 15 is 0 Å². The molecule has 1 unspecified atom stereocenters. The molecule has 1 amide bonds. The molecule has 0 aliphatic rings. The number of nitrogens with two attached hydrogens (primary N) is 1. The summed E-state index contributed by atoms with van der Waals surface area (Å²) >= 11 is 0. The molecule has 2 aromatic rings. The molecule has 3 N–H and O–H groups in total. The summed E-state index contributed by atoms with van der Waals surface area (Å²) in [5.74, 6) is -0.761. The van der Waals surface area contributed by atoms with Crippen LogP contribution >= 0.6 is 0 Å². The maximum absolute atomic E-state index is 12.6. The molecule has 5 heteroatoms. The fourth-order valence-electron chi connectivity index (χ4n) is 2.63. The number of hydrogen-bond donors (Lipinski definition) is 2. The van der Waals surface area contributed by atoms with Gasteiger partial charge in [-0.05, 0) is 42.7 Å². The van der Waals surface area contributed by atoms with Crippen LogP contribution < -0.4 is 11.1 Å². The molecule has 0 heterocycles. The van der Waals surface area contributed by atoms with Gasteiger partial charge in [0.1, 0.15) is 6.04 Å². The monoisotopic (exact) mass is 326 g/mol. The number of esters is 1. The highest BCUT2D eigenvalue weighted by Crippen LogP contribution is 2.14. The molecular formula is C19H22N2O3. The number of nitrogen functional groups attached to an aromatic ring is 1. The van der Waals surface area contributed by atoms with Crippen LogP contribution in [0.15, 0.2) is 42.5 Å². The molecule has 0 saturated carbocycles. The maximum atomic E-state index is 12.6. The van der Waals surface area contributed by atoms with Crippen molar-refractivity contribution >= 4 is 17.6 Å². The van der Waals surface area contributed by atoms with Crippen LogP contribution in [0.1, 0.15) is 27.0 Å². The van der Waals surface area contributed by atoms with Crippen LogP contribution in [-0.2, 0) is 16.0 Å². The summed E-state index contributed by atoms with van der Waals surface area (Å²) in [6.07, 6.45) is 0.337. The van der Waals surface area contributed by atoms with E-state index in [9.17, 15) is 9.59 Å². The number of nitrogens with one attached hydrogen (secondary N) is 1. The number of amides is 1. The van der Waals surface area contributed by atoms with E-state index in [-0.39, 0.29) is 5.91 Å². The highest BCUT2D eigenvalue weighted by atomic mass is 16.5. The topological polar surface area (TPSA) is 81.4 Å². The first kappa shape index (κ1) is 17.5. The molecule has 0 saturated heterocycles. The Kier molecular flexibility index (Phi) is 5.58. The van der Waals surface area contributed by atoms with E-state index in [1.54, 1.807) is 12.1 Å². The number of rotatable bonds is 5. The minimum atomic E-state index is -0.759. The van der Waals surface area contributed by atoms with E-state index in [4.69, 9.17) is 10.5 Å². The van der Waals surface area contributed by atoms with E-state index in [0.717, 1.165) is 16.7 Å². The lowest BCUT2D eigenvalue weighted by Gasteiger charge is -2.18. The molecule has 0 spiro atoms. The Labute approximate surface area is 141 Å². The van der Waals surface area contributed by atoms with Crippen molar-refractivity contribution in [1.82, 2.24) is 5.32 Å². The Bertz CT molecular complexity index is 719. The SMILES string of the molecule is COC(=O)C(Cc1ccc(N)cc1)NC(=O)c1c(C)cccc1C. The van der Waals surface area contributed by atoms with Gasteiger partial charge in [0.05, 0.1) is 7.11 Å². The number of anilines is 1. The van der Waals surface area contributed by atoms with Gasteiger partial charge in [-0.1, -0.05) is 30.3 Å². The van der Waals surface area contributed by atoms with Gasteiger partial charge in [-0.2, -0.15) is 0 Å². The molecule has 0 aliphatic heterocycles. The quantitative estimate of drug-likeness (QED) is 0.653. The predicted octanol–water partition coefficient (Wildman–Crippen LogP) is 2.40. The highest BCUT2D eigenvalue weighted by molar-refractivity contribution is 5.99. The van der Waals surface area contributed by atoms with Gasteiger partial charge in [0, 0.05) is 17.7 Å². The molecule has 126 valence electrons. The summed E-state index contributed by atoms with van der Waals surface area (Å²) in [4.78, 5) is 24.7. The van der Waals surface area contributed by atoms with E-state index in [1.807, 2.05) is 44.2 Å². The van der Waals surface area contributed by atoms with Crippen LogP contribution in [0.2, 0.25) is 0 Å². The molecule has 2 aromatic carbocycles. The van der Waals surface area contributed by atoms with Gasteiger partial charge in [0.2, 0.25) is 0 Å². The summed E-state index contributed by atoms with van der Waals surface area (Å²) in [6, 6.07) is 12.1. The van der Waals surface area contributed by atoms with Crippen LogP contribution in [0, 0.1) is 13.8 Å². The molecule has 0 aromatic heterocycles. The minimum absolute atomic E-state index is 0.281. The fraction of sp³-hybridized carbons (Fsp3) is 0.263. The zero-order valence-electron chi connectivity index (χ0n) is 14.1. The molecule has 0 radical (unpaired) electrons. The Morgan fingerprint density at radius 3 is 2.21 bits per heavy atom. The number of carbonyl (C=O) groups excluding carboxylic acids is 2. The molecule has 0 fully saturated rings. The summed E-state index contributed by atoms with van der Waals surface area (Å²) in [5.41, 5.74) is 9.52. The number of ether oxygens (including phenoxy) is 1. The second-order valence-corrected chi connectivity index (χ2v) is 5.76. The first-order valence-corrected chi connectivity index (χ1v) is 7.71. The average Bonchev–Trinajstić information content (AvgIpc) is 2.55. The number of hydrogen-bond acceptors (Lipinski definition) is 4. The second kappa shape index (κ2) is 7.64. The maximum Gasteiger partial charge on any atom is 0.328 e. The molecule has 0 aliphatic carbocycles. The van der Waals surface area contributed by atoms with Crippen molar-refractivity contribution in [2.24, 2.45) is 0 Å². The number of carbonyl (C=O) groups is 2. The summed E-state index contributed by atoms with van der Waals surface area (Å²) < 4.78 is 4.83. The van der Waals surface area contributed by atoms with Crippen LogP contribution in [-0.4, -0.2) is 25.0 Å². The van der Waals surface area contributed by atoms with Gasteiger partial charge >= 0.3 is 5.97 Å². The van der Waals surface area contributed by atoms with Crippen LogP contribution in [0.5, 0.6) is 0 Å². The van der Waals surface area contributed by atoms with Crippen molar-refractivity contribution < 1.29 is 14.3 Å². The standard InChI is InChI=1S/C19H22N2O3/c1-12-5-4-6-13(2)17(12)18(22)21-16(19(23)24-3)11-14-7-9-15(20)10-8-14/h4-10,16H,11,20H2,1-3H3,(H,21,22). The Morgan fingerprint density at radius 1 is 1.08 bits per heavy atom. The lowest BCUT2D eigenvalue weighted by molar-refractivity contribution is -0.142. The lowest BCUT2D eigenvalue weighted by atomic mass is 10.0. The molecule has 5 nitrogen and oxygen atoms in total. The number of benzene rings is 2. The molecule has 0 bridgehead atoms. The van der Waals surface area contributed by atoms with Crippen LogP contribution in [0.4, 0.5) is 5.69 Å². The van der Waals surface area contributed by atoms with Gasteiger partial charge in [-0.25, -0.2) is 4.79 Å². The van der Waals surface area contributed by atoms with Crippen molar-refractivity contribution in [3.63, 3.8) is 0 Å². The first-order chi connectivity index (χ1) is 11.4. The number of methoxy groups -OCH3 is 1. The largest absolute Gasteiger partial charge is 0.467 e.